The Hall–Kier alpha value is -0.260. The van der Waals surface area contributed by atoms with Crippen molar-refractivity contribution in [1.82, 2.24) is 4.98 Å². The highest BCUT2D eigenvalue weighted by Crippen LogP contribution is 2.41. The van der Waals surface area contributed by atoms with Gasteiger partial charge in [-0.1, -0.05) is 24.7 Å². The third-order valence-corrected chi connectivity index (χ3v) is 7.05. The lowest BCUT2D eigenvalue weighted by Gasteiger charge is -2.36. The molecule has 0 saturated carbocycles. The molecular formula is C12H15NOS3. The number of nitrogens with zero attached hydrogens (tertiary/aromatic N) is 1. The first-order valence-corrected chi connectivity index (χ1v) is 8.54. The molecule has 0 radical (unpaired) electrons. The topological polar surface area (TPSA) is 30.0 Å². The van der Waals surface area contributed by atoms with Crippen LogP contribution in [0.4, 0.5) is 0 Å². The molecule has 1 aliphatic rings. The van der Waals surface area contributed by atoms with Crippen molar-refractivity contribution in [1.29, 1.82) is 0 Å². The SMILES string of the molecule is CSC(=S)[C@]1(c2cccnc2)CCCC[S@@]1=O. The molecule has 0 spiro atoms. The molecular weight excluding hydrogens is 270 g/mol. The van der Waals surface area contributed by atoms with Crippen LogP contribution in [-0.4, -0.2) is 25.4 Å². The zero-order chi connectivity index (χ0) is 12.3. The maximum atomic E-state index is 12.5. The van der Waals surface area contributed by atoms with Gasteiger partial charge >= 0.3 is 0 Å². The molecule has 1 aliphatic heterocycles. The Morgan fingerprint density at radius 3 is 3.00 bits per heavy atom. The van der Waals surface area contributed by atoms with Gasteiger partial charge in [0.2, 0.25) is 0 Å². The van der Waals surface area contributed by atoms with Crippen molar-refractivity contribution in [2.24, 2.45) is 0 Å². The van der Waals surface area contributed by atoms with Gasteiger partial charge in [0, 0.05) is 28.9 Å². The van der Waals surface area contributed by atoms with E-state index < -0.39 is 15.5 Å². The molecule has 5 heteroatoms. The van der Waals surface area contributed by atoms with Crippen LogP contribution < -0.4 is 0 Å². The van der Waals surface area contributed by atoms with Crippen LogP contribution in [-0.2, 0) is 15.5 Å². The van der Waals surface area contributed by atoms with E-state index in [2.05, 4.69) is 4.98 Å². The molecule has 2 nitrogen and oxygen atoms in total. The average molecular weight is 285 g/mol. The van der Waals surface area contributed by atoms with Crippen LogP contribution in [0.3, 0.4) is 0 Å². The first kappa shape index (κ1) is 13.2. The summed E-state index contributed by atoms with van der Waals surface area (Å²) in [4.78, 5) is 4.15. The Labute approximate surface area is 114 Å². The van der Waals surface area contributed by atoms with Gasteiger partial charge in [0.05, 0.1) is 4.20 Å². The van der Waals surface area contributed by atoms with Gasteiger partial charge in [-0.3, -0.25) is 9.19 Å². The minimum Gasteiger partial charge on any atom is -0.264 e. The Balaban J connectivity index is 2.50. The number of hydrogen-bond donors (Lipinski definition) is 0. The van der Waals surface area contributed by atoms with Gasteiger partial charge in [-0.05, 0) is 30.7 Å². The minimum absolute atomic E-state index is 0.457. The van der Waals surface area contributed by atoms with Crippen LogP contribution in [0, 0.1) is 0 Å². The van der Waals surface area contributed by atoms with E-state index in [0.29, 0.717) is 0 Å². The summed E-state index contributed by atoms with van der Waals surface area (Å²) in [5.74, 6) is 0.746. The molecule has 2 rings (SSSR count). The van der Waals surface area contributed by atoms with E-state index in [4.69, 9.17) is 12.2 Å². The summed E-state index contributed by atoms with van der Waals surface area (Å²) in [6.45, 7) is 0. The van der Waals surface area contributed by atoms with Gasteiger partial charge in [0.1, 0.15) is 4.75 Å². The number of aromatic nitrogens is 1. The Bertz CT molecular complexity index is 425. The van der Waals surface area contributed by atoms with Crippen LogP contribution in [0.25, 0.3) is 0 Å². The first-order valence-electron chi connectivity index (χ1n) is 5.59. The van der Waals surface area contributed by atoms with Crippen LogP contribution in [0.1, 0.15) is 24.8 Å². The molecule has 0 bridgehead atoms. The van der Waals surface area contributed by atoms with Crippen LogP contribution in [0.5, 0.6) is 0 Å². The van der Waals surface area contributed by atoms with Crippen molar-refractivity contribution in [2.45, 2.75) is 24.0 Å². The number of thiocarbonyl (C=S) groups is 1. The molecule has 0 N–H and O–H groups in total. The van der Waals surface area contributed by atoms with Crippen molar-refractivity contribution in [2.75, 3.05) is 12.0 Å². The summed E-state index contributed by atoms with van der Waals surface area (Å²) in [6, 6.07) is 3.89. The molecule has 1 aromatic rings. The van der Waals surface area contributed by atoms with Crippen molar-refractivity contribution < 1.29 is 4.21 Å². The van der Waals surface area contributed by atoms with Crippen LogP contribution in [0.15, 0.2) is 24.5 Å². The number of thioether (sulfide) groups is 1. The maximum absolute atomic E-state index is 12.5. The smallest absolute Gasteiger partial charge is 0.113 e. The largest absolute Gasteiger partial charge is 0.264 e. The Morgan fingerprint density at radius 2 is 2.41 bits per heavy atom. The summed E-state index contributed by atoms with van der Waals surface area (Å²) >= 11 is 7.03. The molecule has 17 heavy (non-hydrogen) atoms. The lowest BCUT2D eigenvalue weighted by molar-refractivity contribution is 0.583. The highest BCUT2D eigenvalue weighted by Gasteiger charge is 2.44. The maximum Gasteiger partial charge on any atom is 0.113 e. The van der Waals surface area contributed by atoms with Crippen LogP contribution in [0.2, 0.25) is 0 Å². The van der Waals surface area contributed by atoms with E-state index in [9.17, 15) is 4.21 Å². The number of rotatable bonds is 2. The molecule has 1 saturated heterocycles. The number of hydrogen-bond acceptors (Lipinski definition) is 4. The molecule has 0 aromatic carbocycles. The number of pyridine rings is 1. The lowest BCUT2D eigenvalue weighted by Crippen LogP contribution is -2.41. The van der Waals surface area contributed by atoms with Crippen molar-refractivity contribution in [3.8, 4) is 0 Å². The molecule has 1 fully saturated rings. The summed E-state index contributed by atoms with van der Waals surface area (Å²) < 4.78 is 12.9. The molecule has 2 heterocycles. The van der Waals surface area contributed by atoms with E-state index in [1.54, 1.807) is 6.20 Å². The average Bonchev–Trinajstić information content (AvgIpc) is 2.39. The Kier molecular flexibility index (Phi) is 4.33. The summed E-state index contributed by atoms with van der Waals surface area (Å²) in [5.41, 5.74) is 1.01. The molecule has 0 amide bonds. The zero-order valence-corrected chi connectivity index (χ0v) is 12.2. The lowest BCUT2D eigenvalue weighted by atomic mass is 9.95. The minimum atomic E-state index is -0.920. The fraction of sp³-hybridized carbons (Fsp3) is 0.500. The van der Waals surface area contributed by atoms with Gasteiger partial charge in [0.25, 0.3) is 0 Å². The molecule has 0 aliphatic carbocycles. The fourth-order valence-electron chi connectivity index (χ4n) is 2.25. The van der Waals surface area contributed by atoms with E-state index >= 15 is 0 Å². The van der Waals surface area contributed by atoms with Gasteiger partial charge in [0.15, 0.2) is 0 Å². The summed E-state index contributed by atoms with van der Waals surface area (Å²) in [6.07, 6.45) is 8.51. The monoisotopic (exact) mass is 285 g/mol. The van der Waals surface area contributed by atoms with Crippen molar-refractivity contribution in [3.05, 3.63) is 30.1 Å². The quantitative estimate of drug-likeness (QED) is 0.782. The third kappa shape index (κ3) is 2.33. The fourth-order valence-corrected chi connectivity index (χ4v) is 5.58. The van der Waals surface area contributed by atoms with E-state index in [-0.39, 0.29) is 0 Å². The van der Waals surface area contributed by atoms with Gasteiger partial charge in [-0.25, -0.2) is 0 Å². The van der Waals surface area contributed by atoms with E-state index in [0.717, 1.165) is 34.8 Å². The van der Waals surface area contributed by atoms with Gasteiger partial charge < -0.3 is 0 Å². The van der Waals surface area contributed by atoms with E-state index in [1.807, 2.05) is 24.6 Å². The second-order valence-electron chi connectivity index (χ2n) is 4.07. The standard InChI is InChI=1S/C12H15NOS3/c1-16-11(15)12(6-2-3-8-17(12)14)10-5-4-7-13-9-10/h4-5,7,9H,2-3,6,8H2,1H3/t12-,17+/m1/s1. The molecule has 92 valence electrons. The summed E-state index contributed by atoms with van der Waals surface area (Å²) in [5, 5.41) is 0. The van der Waals surface area contributed by atoms with E-state index in [1.165, 1.54) is 11.8 Å². The zero-order valence-electron chi connectivity index (χ0n) is 9.72. The molecule has 0 unspecified atom stereocenters. The highest BCUT2D eigenvalue weighted by atomic mass is 32.2. The molecule has 1 aromatic heterocycles. The van der Waals surface area contributed by atoms with Gasteiger partial charge in [-0.15, -0.1) is 11.8 Å². The van der Waals surface area contributed by atoms with Gasteiger partial charge in [-0.2, -0.15) is 0 Å². The van der Waals surface area contributed by atoms with Crippen molar-refractivity contribution in [3.63, 3.8) is 0 Å². The predicted molar refractivity (Wildman–Crippen MR) is 78.9 cm³/mol. The highest BCUT2D eigenvalue weighted by molar-refractivity contribution is 8.24. The van der Waals surface area contributed by atoms with Crippen molar-refractivity contribution >= 4 is 39.0 Å². The normalized spacial score (nSPS) is 28.9. The second-order valence-corrected chi connectivity index (χ2v) is 7.35. The molecule has 2 atom stereocenters. The predicted octanol–water partition coefficient (Wildman–Crippen LogP) is 2.90. The first-order chi connectivity index (χ1) is 8.21. The third-order valence-electron chi connectivity index (χ3n) is 3.14. The van der Waals surface area contributed by atoms with Crippen LogP contribution >= 0.6 is 24.0 Å². The second kappa shape index (κ2) is 5.59. The summed E-state index contributed by atoms with van der Waals surface area (Å²) in [7, 11) is -0.920. The Morgan fingerprint density at radius 1 is 1.59 bits per heavy atom.